The minimum atomic E-state index is 0.119. The van der Waals surface area contributed by atoms with E-state index in [0.29, 0.717) is 26.1 Å². The van der Waals surface area contributed by atoms with Gasteiger partial charge in [0.2, 0.25) is 5.91 Å². The van der Waals surface area contributed by atoms with Gasteiger partial charge >= 0.3 is 0 Å². The molecule has 1 aromatic heterocycles. The fourth-order valence-corrected chi connectivity index (χ4v) is 3.12. The Morgan fingerprint density at radius 1 is 1.08 bits per heavy atom. The molecule has 4 nitrogen and oxygen atoms in total. The molecule has 1 amide bonds. The topological polar surface area (TPSA) is 45.3 Å². The van der Waals surface area contributed by atoms with Crippen molar-refractivity contribution < 1.29 is 9.53 Å². The van der Waals surface area contributed by atoms with Gasteiger partial charge < -0.3 is 14.6 Å². The molecule has 0 spiro atoms. The molecule has 0 unspecified atom stereocenters. The highest BCUT2D eigenvalue weighted by Gasteiger charge is 2.18. The van der Waals surface area contributed by atoms with Crippen LogP contribution >= 0.6 is 0 Å². The zero-order valence-electron chi connectivity index (χ0n) is 14.8. The fraction of sp³-hybridized carbons (Fsp3) is 0.286. The molecule has 0 saturated carbocycles. The molecule has 0 atom stereocenters. The zero-order valence-corrected chi connectivity index (χ0v) is 14.8. The van der Waals surface area contributed by atoms with Gasteiger partial charge in [-0.05, 0) is 24.1 Å². The lowest BCUT2D eigenvalue weighted by atomic mass is 10.1. The summed E-state index contributed by atoms with van der Waals surface area (Å²) < 4.78 is 5.19. The van der Waals surface area contributed by atoms with E-state index in [-0.39, 0.29) is 5.91 Å². The largest absolute Gasteiger partial charge is 0.383 e. The molecular weight excluding hydrogens is 312 g/mol. The molecule has 0 radical (unpaired) electrons. The van der Waals surface area contributed by atoms with Crippen LogP contribution in [0.3, 0.4) is 0 Å². The summed E-state index contributed by atoms with van der Waals surface area (Å²) in [4.78, 5) is 18.2. The van der Waals surface area contributed by atoms with Crippen LogP contribution < -0.4 is 0 Å². The first-order valence-corrected chi connectivity index (χ1v) is 8.56. The number of rotatable bonds is 7. The first-order valence-electron chi connectivity index (χ1n) is 8.56. The van der Waals surface area contributed by atoms with Gasteiger partial charge in [0.15, 0.2) is 0 Å². The molecule has 0 aliphatic heterocycles. The highest BCUT2D eigenvalue weighted by Crippen LogP contribution is 2.23. The van der Waals surface area contributed by atoms with Gasteiger partial charge in [0.05, 0.1) is 13.0 Å². The molecular formula is C21H24N2O2. The number of carbonyl (C=O) groups excluding carboxylic acids is 1. The smallest absolute Gasteiger partial charge is 0.227 e. The van der Waals surface area contributed by atoms with E-state index in [1.807, 2.05) is 60.4 Å². The number of nitrogens with one attached hydrogen (secondary N) is 1. The van der Waals surface area contributed by atoms with Crippen molar-refractivity contribution in [1.82, 2.24) is 9.88 Å². The third kappa shape index (κ3) is 4.09. The Morgan fingerprint density at radius 2 is 1.80 bits per heavy atom. The van der Waals surface area contributed by atoms with E-state index >= 15 is 0 Å². The lowest BCUT2D eigenvalue weighted by Gasteiger charge is -2.23. The number of amides is 1. The first-order chi connectivity index (χ1) is 12.2. The summed E-state index contributed by atoms with van der Waals surface area (Å²) in [5, 5.41) is 1.12. The average Bonchev–Trinajstić information content (AvgIpc) is 2.95. The molecule has 2 aromatic carbocycles. The molecule has 3 rings (SSSR count). The Bertz CT molecular complexity index is 839. The van der Waals surface area contributed by atoms with Crippen LogP contribution in [0.5, 0.6) is 0 Å². The summed E-state index contributed by atoms with van der Waals surface area (Å²) in [6, 6.07) is 18.2. The van der Waals surface area contributed by atoms with Gasteiger partial charge in [-0.2, -0.15) is 0 Å². The summed E-state index contributed by atoms with van der Waals surface area (Å²) in [5.41, 5.74) is 4.34. The van der Waals surface area contributed by atoms with Crippen molar-refractivity contribution in [3.05, 3.63) is 71.4 Å². The number of H-pyrrole nitrogens is 1. The maximum Gasteiger partial charge on any atom is 0.227 e. The van der Waals surface area contributed by atoms with Crippen molar-refractivity contribution in [2.24, 2.45) is 0 Å². The molecule has 0 fully saturated rings. The number of fused-ring (bicyclic) bond motifs is 1. The summed E-state index contributed by atoms with van der Waals surface area (Å²) in [6.07, 6.45) is 0.395. The third-order valence-corrected chi connectivity index (χ3v) is 4.49. The predicted molar refractivity (Wildman–Crippen MR) is 100 cm³/mol. The first kappa shape index (κ1) is 17.2. The van der Waals surface area contributed by atoms with Crippen LogP contribution in [0.2, 0.25) is 0 Å². The van der Waals surface area contributed by atoms with Crippen molar-refractivity contribution in [3.63, 3.8) is 0 Å². The summed E-state index contributed by atoms with van der Waals surface area (Å²) in [7, 11) is 1.66. The summed E-state index contributed by atoms with van der Waals surface area (Å²) in [6.45, 7) is 3.75. The second kappa shape index (κ2) is 7.99. The molecule has 1 N–H and O–H groups in total. The van der Waals surface area contributed by atoms with E-state index in [2.05, 4.69) is 11.1 Å². The van der Waals surface area contributed by atoms with Crippen LogP contribution in [0.4, 0.5) is 0 Å². The number of methoxy groups -OCH3 is 1. The van der Waals surface area contributed by atoms with Crippen molar-refractivity contribution in [2.45, 2.75) is 19.9 Å². The number of hydrogen-bond acceptors (Lipinski definition) is 2. The number of benzene rings is 2. The number of aryl methyl sites for hydroxylation is 1. The average molecular weight is 336 g/mol. The Labute approximate surface area is 148 Å². The van der Waals surface area contributed by atoms with Gasteiger partial charge in [0.1, 0.15) is 0 Å². The summed E-state index contributed by atoms with van der Waals surface area (Å²) in [5.74, 6) is 0.119. The van der Waals surface area contributed by atoms with Gasteiger partial charge in [-0.1, -0.05) is 48.5 Å². The van der Waals surface area contributed by atoms with Gasteiger partial charge in [0.25, 0.3) is 0 Å². The minimum absolute atomic E-state index is 0.119. The lowest BCUT2D eigenvalue weighted by molar-refractivity contribution is -0.131. The second-order valence-electron chi connectivity index (χ2n) is 6.24. The number of aromatic nitrogens is 1. The quantitative estimate of drug-likeness (QED) is 0.715. The molecule has 0 aliphatic rings. The number of aromatic amines is 1. The standard InChI is InChI=1S/C21H24N2O2/c1-16-19(18-10-6-7-11-20(18)22-16)14-21(24)23(12-13-25-2)15-17-8-4-3-5-9-17/h3-11,22H,12-15H2,1-2H3. The highest BCUT2D eigenvalue weighted by molar-refractivity contribution is 5.90. The SMILES string of the molecule is COCCN(Cc1ccccc1)C(=O)Cc1c(C)[nH]c2ccccc12. The van der Waals surface area contributed by atoms with Crippen LogP contribution in [0, 0.1) is 6.92 Å². The van der Waals surface area contributed by atoms with E-state index in [9.17, 15) is 4.79 Å². The molecule has 0 saturated heterocycles. The number of nitrogens with zero attached hydrogens (tertiary/aromatic N) is 1. The van der Waals surface area contributed by atoms with Crippen molar-refractivity contribution >= 4 is 16.8 Å². The number of ether oxygens (including phenoxy) is 1. The maximum atomic E-state index is 13.0. The zero-order chi connectivity index (χ0) is 17.6. The molecule has 3 aromatic rings. The van der Waals surface area contributed by atoms with Crippen molar-refractivity contribution in [2.75, 3.05) is 20.3 Å². The Morgan fingerprint density at radius 3 is 2.56 bits per heavy atom. The Kier molecular flexibility index (Phi) is 5.51. The van der Waals surface area contributed by atoms with Crippen molar-refractivity contribution in [1.29, 1.82) is 0 Å². The van der Waals surface area contributed by atoms with Crippen molar-refractivity contribution in [3.8, 4) is 0 Å². The molecule has 25 heavy (non-hydrogen) atoms. The number of para-hydroxylation sites is 1. The van der Waals surface area contributed by atoms with Crippen LogP contribution in [-0.2, 0) is 22.5 Å². The van der Waals surface area contributed by atoms with Crippen LogP contribution in [0.15, 0.2) is 54.6 Å². The Balaban J connectivity index is 1.80. The molecule has 130 valence electrons. The lowest BCUT2D eigenvalue weighted by Crippen LogP contribution is -2.34. The monoisotopic (exact) mass is 336 g/mol. The fourth-order valence-electron chi connectivity index (χ4n) is 3.12. The van der Waals surface area contributed by atoms with Crippen LogP contribution in [0.25, 0.3) is 10.9 Å². The van der Waals surface area contributed by atoms with Crippen LogP contribution in [0.1, 0.15) is 16.8 Å². The van der Waals surface area contributed by atoms with E-state index in [4.69, 9.17) is 4.74 Å². The van der Waals surface area contributed by atoms with Crippen LogP contribution in [-0.4, -0.2) is 36.1 Å². The predicted octanol–water partition coefficient (Wildman–Crippen LogP) is 3.69. The molecule has 1 heterocycles. The number of carbonyl (C=O) groups is 1. The Hall–Kier alpha value is -2.59. The third-order valence-electron chi connectivity index (χ3n) is 4.49. The van der Waals surface area contributed by atoms with Gasteiger partial charge in [0, 0.05) is 36.8 Å². The second-order valence-corrected chi connectivity index (χ2v) is 6.24. The minimum Gasteiger partial charge on any atom is -0.383 e. The van der Waals surface area contributed by atoms with E-state index < -0.39 is 0 Å². The maximum absolute atomic E-state index is 13.0. The van der Waals surface area contributed by atoms with Gasteiger partial charge in [-0.25, -0.2) is 0 Å². The molecule has 0 aliphatic carbocycles. The number of hydrogen-bond donors (Lipinski definition) is 1. The molecule has 0 bridgehead atoms. The van der Waals surface area contributed by atoms with Gasteiger partial charge in [-0.3, -0.25) is 4.79 Å². The highest BCUT2D eigenvalue weighted by atomic mass is 16.5. The van der Waals surface area contributed by atoms with E-state index in [1.54, 1.807) is 7.11 Å². The normalized spacial score (nSPS) is 11.0. The summed E-state index contributed by atoms with van der Waals surface area (Å²) >= 11 is 0. The van der Waals surface area contributed by atoms with E-state index in [0.717, 1.165) is 27.7 Å². The van der Waals surface area contributed by atoms with E-state index in [1.165, 1.54) is 0 Å². The van der Waals surface area contributed by atoms with Gasteiger partial charge in [-0.15, -0.1) is 0 Å². The molecule has 4 heteroatoms.